The van der Waals surface area contributed by atoms with Gasteiger partial charge in [-0.1, -0.05) is 301 Å². The van der Waals surface area contributed by atoms with E-state index in [1.54, 1.807) is 6.08 Å². The van der Waals surface area contributed by atoms with E-state index in [-0.39, 0.29) is 18.5 Å². The number of esters is 1. The van der Waals surface area contributed by atoms with E-state index in [0.29, 0.717) is 19.4 Å². The van der Waals surface area contributed by atoms with Crippen LogP contribution in [0.4, 0.5) is 0 Å². The molecule has 1 amide bonds. The van der Waals surface area contributed by atoms with Crippen LogP contribution in [0, 0.1) is 0 Å². The van der Waals surface area contributed by atoms with Crippen molar-refractivity contribution in [2.24, 2.45) is 0 Å². The molecule has 0 aliphatic heterocycles. The second-order valence-electron chi connectivity index (χ2n) is 21.7. The van der Waals surface area contributed by atoms with Crippen LogP contribution in [0.3, 0.4) is 0 Å². The van der Waals surface area contributed by atoms with Gasteiger partial charge in [0.2, 0.25) is 5.91 Å². The van der Waals surface area contributed by atoms with Crippen molar-refractivity contribution in [1.29, 1.82) is 0 Å². The second kappa shape index (κ2) is 60.6. The molecule has 0 aromatic carbocycles. The maximum Gasteiger partial charge on any atom is 0.305 e. The van der Waals surface area contributed by atoms with Crippen LogP contribution >= 0.6 is 0 Å². The third-order valence-electron chi connectivity index (χ3n) is 14.7. The molecule has 0 radical (unpaired) electrons. The topological polar surface area (TPSA) is 95.9 Å². The number of carbonyl (C=O) groups excluding carboxylic acids is 2. The Hall–Kier alpha value is -1.92. The molecule has 6 heteroatoms. The standard InChI is InChI=1S/C65H123NO5/c1-3-5-7-9-11-13-15-17-19-21-22-27-31-35-39-43-47-51-55-59-65(70)71-60-56-52-48-44-40-36-32-28-24-23-26-30-34-38-42-46-50-54-58-64(69)66-62(61-67)63(68)57-53-49-45-41-37-33-29-25-20-18-16-14-12-10-8-6-4-2/h11,13,17,19,53,57,62-63,67-68H,3-10,12,14-16,18,20-52,54-56,58-61H2,1-2H3,(H,66,69)/b13-11-,19-17-,57-53+. The maximum absolute atomic E-state index is 12.5. The van der Waals surface area contributed by atoms with Gasteiger partial charge in [0.1, 0.15) is 0 Å². The molecule has 0 saturated heterocycles. The third-order valence-corrected chi connectivity index (χ3v) is 14.7. The summed E-state index contributed by atoms with van der Waals surface area (Å²) in [4.78, 5) is 24.6. The molecule has 2 atom stereocenters. The molecule has 0 aliphatic carbocycles. The van der Waals surface area contributed by atoms with Gasteiger partial charge in [0.05, 0.1) is 25.4 Å². The normalized spacial score (nSPS) is 12.8. The Labute approximate surface area is 443 Å². The number of allylic oxidation sites excluding steroid dienone is 5. The predicted octanol–water partition coefficient (Wildman–Crippen LogP) is 20.0. The van der Waals surface area contributed by atoms with E-state index in [1.165, 1.54) is 263 Å². The van der Waals surface area contributed by atoms with Crippen LogP contribution in [0.5, 0.6) is 0 Å². The Morgan fingerprint density at radius 1 is 0.394 bits per heavy atom. The van der Waals surface area contributed by atoms with Gasteiger partial charge in [-0.2, -0.15) is 0 Å². The molecule has 71 heavy (non-hydrogen) atoms. The highest BCUT2D eigenvalue weighted by atomic mass is 16.5. The molecule has 0 fully saturated rings. The third kappa shape index (κ3) is 57.2. The van der Waals surface area contributed by atoms with E-state index < -0.39 is 12.1 Å². The van der Waals surface area contributed by atoms with Crippen molar-refractivity contribution in [1.82, 2.24) is 5.32 Å². The smallest absolute Gasteiger partial charge is 0.305 e. The van der Waals surface area contributed by atoms with Crippen molar-refractivity contribution in [2.75, 3.05) is 13.2 Å². The minimum Gasteiger partial charge on any atom is -0.466 e. The number of ether oxygens (including phenoxy) is 1. The van der Waals surface area contributed by atoms with Crippen LogP contribution in [0.2, 0.25) is 0 Å². The lowest BCUT2D eigenvalue weighted by atomic mass is 10.0. The number of carbonyl (C=O) groups is 2. The molecule has 6 nitrogen and oxygen atoms in total. The molecular formula is C65H123NO5. The highest BCUT2D eigenvalue weighted by Crippen LogP contribution is 2.17. The van der Waals surface area contributed by atoms with E-state index in [1.807, 2.05) is 6.08 Å². The van der Waals surface area contributed by atoms with E-state index in [4.69, 9.17) is 4.74 Å². The molecule has 0 rings (SSSR count). The Bertz CT molecular complexity index is 1150. The predicted molar refractivity (Wildman–Crippen MR) is 310 cm³/mol. The summed E-state index contributed by atoms with van der Waals surface area (Å²) in [6.45, 7) is 4.89. The zero-order valence-electron chi connectivity index (χ0n) is 47.7. The average Bonchev–Trinajstić information content (AvgIpc) is 3.37. The highest BCUT2D eigenvalue weighted by molar-refractivity contribution is 5.76. The number of aliphatic hydroxyl groups excluding tert-OH is 2. The molecule has 0 aromatic rings. The molecule has 418 valence electrons. The second-order valence-corrected chi connectivity index (χ2v) is 21.7. The number of aliphatic hydroxyl groups is 2. The zero-order chi connectivity index (χ0) is 51.4. The Morgan fingerprint density at radius 3 is 1.10 bits per heavy atom. The fourth-order valence-corrected chi connectivity index (χ4v) is 9.78. The van der Waals surface area contributed by atoms with Gasteiger partial charge in [0, 0.05) is 12.8 Å². The van der Waals surface area contributed by atoms with Crippen LogP contribution < -0.4 is 5.32 Å². The summed E-state index contributed by atoms with van der Waals surface area (Å²) in [7, 11) is 0. The summed E-state index contributed by atoms with van der Waals surface area (Å²) in [5.74, 6) is -0.0671. The SMILES string of the molecule is CCCCC/C=C\C/C=C\CCCCCCCCCCCC(=O)OCCCCCCCCCCCCCCCCCCCCC(=O)NC(CO)C(O)/C=C/CCCCCCCCCCCCCCCCC. The number of hydrogen-bond donors (Lipinski definition) is 3. The molecule has 0 heterocycles. The van der Waals surface area contributed by atoms with Crippen molar-refractivity contribution in [3.05, 3.63) is 36.5 Å². The van der Waals surface area contributed by atoms with E-state index in [2.05, 4.69) is 43.5 Å². The lowest BCUT2D eigenvalue weighted by Gasteiger charge is -2.20. The van der Waals surface area contributed by atoms with Crippen LogP contribution in [0.15, 0.2) is 36.5 Å². The van der Waals surface area contributed by atoms with Gasteiger partial charge in [-0.3, -0.25) is 9.59 Å². The lowest BCUT2D eigenvalue weighted by molar-refractivity contribution is -0.143. The van der Waals surface area contributed by atoms with Crippen LogP contribution in [0.25, 0.3) is 0 Å². The van der Waals surface area contributed by atoms with Gasteiger partial charge in [0.25, 0.3) is 0 Å². The van der Waals surface area contributed by atoms with Crippen molar-refractivity contribution in [3.8, 4) is 0 Å². The molecule has 2 unspecified atom stereocenters. The zero-order valence-corrected chi connectivity index (χ0v) is 47.7. The fraction of sp³-hybridized carbons (Fsp3) is 0.877. The van der Waals surface area contributed by atoms with Gasteiger partial charge < -0.3 is 20.3 Å². The number of unbranched alkanes of at least 4 members (excludes halogenated alkanes) is 44. The Kier molecular flexibility index (Phi) is 59.0. The highest BCUT2D eigenvalue weighted by Gasteiger charge is 2.18. The summed E-state index contributed by atoms with van der Waals surface area (Å²) in [6, 6.07) is -0.632. The van der Waals surface area contributed by atoms with E-state index in [0.717, 1.165) is 51.4 Å². The van der Waals surface area contributed by atoms with Gasteiger partial charge in [-0.15, -0.1) is 0 Å². The van der Waals surface area contributed by atoms with Crippen LogP contribution in [-0.2, 0) is 14.3 Å². The molecule has 0 saturated carbocycles. The molecule has 0 aromatic heterocycles. The fourth-order valence-electron chi connectivity index (χ4n) is 9.78. The number of nitrogens with one attached hydrogen (secondary N) is 1. The minimum atomic E-state index is -0.848. The van der Waals surface area contributed by atoms with Gasteiger partial charge >= 0.3 is 5.97 Å². The largest absolute Gasteiger partial charge is 0.466 e. The summed E-state index contributed by atoms with van der Waals surface area (Å²) in [5.41, 5.74) is 0. The first-order chi connectivity index (χ1) is 35.0. The monoisotopic (exact) mass is 998 g/mol. The van der Waals surface area contributed by atoms with Gasteiger partial charge in [-0.05, 0) is 64.2 Å². The lowest BCUT2D eigenvalue weighted by Crippen LogP contribution is -2.45. The number of hydrogen-bond acceptors (Lipinski definition) is 5. The Balaban J connectivity index is 3.42. The molecule has 0 spiro atoms. The summed E-state index contributed by atoms with van der Waals surface area (Å²) >= 11 is 0. The van der Waals surface area contributed by atoms with Crippen LogP contribution in [0.1, 0.15) is 341 Å². The van der Waals surface area contributed by atoms with Gasteiger partial charge in [0.15, 0.2) is 0 Å². The van der Waals surface area contributed by atoms with Crippen molar-refractivity contribution in [2.45, 2.75) is 353 Å². The van der Waals surface area contributed by atoms with E-state index in [9.17, 15) is 19.8 Å². The maximum atomic E-state index is 12.5. The summed E-state index contributed by atoms with van der Waals surface area (Å²) in [5, 5.41) is 23.2. The average molecular weight is 999 g/mol. The summed E-state index contributed by atoms with van der Waals surface area (Å²) in [6.07, 6.45) is 76.1. The number of rotatable bonds is 59. The molecule has 0 bridgehead atoms. The molecular weight excluding hydrogens is 875 g/mol. The van der Waals surface area contributed by atoms with Crippen LogP contribution in [-0.4, -0.2) is 47.4 Å². The Morgan fingerprint density at radius 2 is 0.704 bits per heavy atom. The first-order valence-electron chi connectivity index (χ1n) is 31.8. The van der Waals surface area contributed by atoms with Crippen molar-refractivity contribution < 1.29 is 24.5 Å². The molecule has 0 aliphatic rings. The number of amides is 1. The summed E-state index contributed by atoms with van der Waals surface area (Å²) < 4.78 is 5.50. The van der Waals surface area contributed by atoms with E-state index >= 15 is 0 Å². The molecule has 3 N–H and O–H groups in total. The minimum absolute atomic E-state index is 0.00301. The first-order valence-corrected chi connectivity index (χ1v) is 31.8. The first kappa shape index (κ1) is 69.1. The van der Waals surface area contributed by atoms with Crippen molar-refractivity contribution >= 4 is 11.9 Å². The van der Waals surface area contributed by atoms with Gasteiger partial charge in [-0.25, -0.2) is 0 Å². The van der Waals surface area contributed by atoms with Crippen molar-refractivity contribution in [3.63, 3.8) is 0 Å². The quantitative estimate of drug-likeness (QED) is 0.0321.